The van der Waals surface area contributed by atoms with Gasteiger partial charge in [0.1, 0.15) is 0 Å². The predicted octanol–water partition coefficient (Wildman–Crippen LogP) is 3.89. The Hall–Kier alpha value is -0.690. The maximum atomic E-state index is 12.5. The topological polar surface area (TPSA) is 34.9 Å². The first-order chi connectivity index (χ1) is 8.63. The largest absolute Gasteiger partial charge is 0.328 e. The quantitative estimate of drug-likeness (QED) is 0.557. The summed E-state index contributed by atoms with van der Waals surface area (Å²) in [6.45, 7) is 2.89. The molecule has 0 radical (unpaired) electrons. The standard InChI is InChI=1S/C13H12BrIN2O/c1-2-6-17-7-5-16-13(17)12(18)10-8-9(14)3-4-11(10)15/h3-5,7-8H,2,6H2,1H3. The molecule has 0 unspecified atom stereocenters. The number of hydrogen-bond acceptors (Lipinski definition) is 2. The van der Waals surface area contributed by atoms with E-state index in [0.717, 1.165) is 21.0 Å². The number of nitrogens with zero attached hydrogens (tertiary/aromatic N) is 2. The van der Waals surface area contributed by atoms with E-state index in [9.17, 15) is 4.79 Å². The average Bonchev–Trinajstić information content (AvgIpc) is 2.80. The minimum Gasteiger partial charge on any atom is -0.328 e. The van der Waals surface area contributed by atoms with Gasteiger partial charge in [-0.2, -0.15) is 0 Å². The molecule has 0 aliphatic rings. The summed E-state index contributed by atoms with van der Waals surface area (Å²) in [4.78, 5) is 16.6. The molecule has 0 saturated carbocycles. The summed E-state index contributed by atoms with van der Waals surface area (Å²) in [6, 6.07) is 5.69. The molecule has 0 amide bonds. The van der Waals surface area contributed by atoms with Crippen LogP contribution in [0, 0.1) is 3.57 Å². The summed E-state index contributed by atoms with van der Waals surface area (Å²) in [7, 11) is 0. The van der Waals surface area contributed by atoms with Crippen molar-refractivity contribution in [3.63, 3.8) is 0 Å². The number of carbonyl (C=O) groups is 1. The molecule has 0 saturated heterocycles. The van der Waals surface area contributed by atoms with Crippen LogP contribution in [-0.2, 0) is 6.54 Å². The molecule has 0 atom stereocenters. The van der Waals surface area contributed by atoms with Crippen LogP contribution in [0.15, 0.2) is 35.1 Å². The molecule has 3 nitrogen and oxygen atoms in total. The Kier molecular flexibility index (Phi) is 4.55. The van der Waals surface area contributed by atoms with Gasteiger partial charge in [-0.3, -0.25) is 4.79 Å². The molecule has 1 aromatic carbocycles. The van der Waals surface area contributed by atoms with Crippen molar-refractivity contribution in [1.82, 2.24) is 9.55 Å². The van der Waals surface area contributed by atoms with Gasteiger partial charge in [-0.05, 0) is 47.2 Å². The highest BCUT2D eigenvalue weighted by Crippen LogP contribution is 2.21. The zero-order chi connectivity index (χ0) is 13.1. The van der Waals surface area contributed by atoms with Crippen molar-refractivity contribution >= 4 is 44.3 Å². The maximum absolute atomic E-state index is 12.5. The fourth-order valence-electron chi connectivity index (χ4n) is 1.73. The van der Waals surface area contributed by atoms with E-state index in [1.165, 1.54) is 0 Å². The molecule has 0 N–H and O–H groups in total. The van der Waals surface area contributed by atoms with Crippen LogP contribution in [0.25, 0.3) is 0 Å². The monoisotopic (exact) mass is 418 g/mol. The second kappa shape index (κ2) is 5.97. The number of aromatic nitrogens is 2. The second-order valence-corrected chi connectivity index (χ2v) is 5.98. The number of rotatable bonds is 4. The summed E-state index contributed by atoms with van der Waals surface area (Å²) in [5.74, 6) is 0.479. The summed E-state index contributed by atoms with van der Waals surface area (Å²) in [5.41, 5.74) is 0.688. The van der Waals surface area contributed by atoms with Gasteiger partial charge in [-0.25, -0.2) is 4.98 Å². The van der Waals surface area contributed by atoms with E-state index in [-0.39, 0.29) is 5.78 Å². The third-order valence-corrected chi connectivity index (χ3v) is 3.99. The smallest absolute Gasteiger partial charge is 0.229 e. The number of benzene rings is 1. The van der Waals surface area contributed by atoms with Crippen LogP contribution in [0.4, 0.5) is 0 Å². The van der Waals surface area contributed by atoms with Crippen LogP contribution in [0.3, 0.4) is 0 Å². The molecular formula is C13H12BrIN2O. The first-order valence-corrected chi connectivity index (χ1v) is 7.51. The Morgan fingerprint density at radius 1 is 1.50 bits per heavy atom. The van der Waals surface area contributed by atoms with Crippen molar-refractivity contribution in [3.8, 4) is 0 Å². The molecule has 5 heteroatoms. The van der Waals surface area contributed by atoms with E-state index in [2.05, 4.69) is 50.4 Å². The van der Waals surface area contributed by atoms with Crippen molar-refractivity contribution in [1.29, 1.82) is 0 Å². The van der Waals surface area contributed by atoms with Gasteiger partial charge in [0.15, 0.2) is 5.82 Å². The Bertz CT molecular complexity index is 580. The lowest BCUT2D eigenvalue weighted by atomic mass is 10.1. The van der Waals surface area contributed by atoms with Crippen molar-refractivity contribution in [2.24, 2.45) is 0 Å². The van der Waals surface area contributed by atoms with E-state index in [1.807, 2.05) is 29.0 Å². The molecule has 2 aromatic rings. The number of hydrogen-bond donors (Lipinski definition) is 0. The van der Waals surface area contributed by atoms with Crippen LogP contribution in [0.1, 0.15) is 29.5 Å². The van der Waals surface area contributed by atoms with Crippen LogP contribution in [-0.4, -0.2) is 15.3 Å². The molecule has 0 fully saturated rings. The third-order valence-electron chi connectivity index (χ3n) is 2.56. The molecule has 0 aliphatic carbocycles. The molecule has 0 bridgehead atoms. The molecule has 94 valence electrons. The Labute approximate surface area is 128 Å². The van der Waals surface area contributed by atoms with Gasteiger partial charge in [-0.1, -0.05) is 22.9 Å². The Balaban J connectivity index is 2.41. The summed E-state index contributed by atoms with van der Waals surface area (Å²) in [5, 5.41) is 0. The number of aryl methyl sites for hydroxylation is 1. The van der Waals surface area contributed by atoms with Crippen LogP contribution >= 0.6 is 38.5 Å². The van der Waals surface area contributed by atoms with Crippen LogP contribution < -0.4 is 0 Å². The van der Waals surface area contributed by atoms with Crippen molar-refractivity contribution in [2.45, 2.75) is 19.9 Å². The van der Waals surface area contributed by atoms with Crippen molar-refractivity contribution < 1.29 is 4.79 Å². The summed E-state index contributed by atoms with van der Waals surface area (Å²) >= 11 is 5.57. The van der Waals surface area contributed by atoms with Gasteiger partial charge in [0.05, 0.1) is 0 Å². The lowest BCUT2D eigenvalue weighted by molar-refractivity contribution is 0.102. The molecule has 1 heterocycles. The van der Waals surface area contributed by atoms with Gasteiger partial charge < -0.3 is 4.57 Å². The first kappa shape index (κ1) is 13.7. The highest BCUT2D eigenvalue weighted by atomic mass is 127. The normalized spacial score (nSPS) is 10.6. The van der Waals surface area contributed by atoms with E-state index in [0.29, 0.717) is 11.4 Å². The lowest BCUT2D eigenvalue weighted by Crippen LogP contribution is -2.12. The molecule has 1 aromatic heterocycles. The van der Waals surface area contributed by atoms with Crippen LogP contribution in [0.5, 0.6) is 0 Å². The van der Waals surface area contributed by atoms with Crippen molar-refractivity contribution in [3.05, 3.63) is 50.0 Å². The van der Waals surface area contributed by atoms with Gasteiger partial charge >= 0.3 is 0 Å². The number of imidazole rings is 1. The highest BCUT2D eigenvalue weighted by Gasteiger charge is 2.17. The predicted molar refractivity (Wildman–Crippen MR) is 82.8 cm³/mol. The molecule has 0 aliphatic heterocycles. The molecule has 2 rings (SSSR count). The number of carbonyl (C=O) groups excluding carboxylic acids is 1. The third kappa shape index (κ3) is 2.83. The zero-order valence-corrected chi connectivity index (χ0v) is 13.6. The first-order valence-electron chi connectivity index (χ1n) is 5.64. The second-order valence-electron chi connectivity index (χ2n) is 3.90. The maximum Gasteiger partial charge on any atom is 0.229 e. The van der Waals surface area contributed by atoms with E-state index >= 15 is 0 Å². The van der Waals surface area contributed by atoms with E-state index in [1.54, 1.807) is 6.20 Å². The van der Waals surface area contributed by atoms with Crippen molar-refractivity contribution in [2.75, 3.05) is 0 Å². The van der Waals surface area contributed by atoms with Gasteiger partial charge in [0.25, 0.3) is 0 Å². The van der Waals surface area contributed by atoms with E-state index in [4.69, 9.17) is 0 Å². The zero-order valence-electron chi connectivity index (χ0n) is 9.86. The van der Waals surface area contributed by atoms with Crippen LogP contribution in [0.2, 0.25) is 0 Å². The Morgan fingerprint density at radius 3 is 3.00 bits per heavy atom. The molecule has 18 heavy (non-hydrogen) atoms. The number of ketones is 1. The molecular weight excluding hydrogens is 407 g/mol. The minimum atomic E-state index is -0.0286. The van der Waals surface area contributed by atoms with Gasteiger partial charge in [-0.15, -0.1) is 0 Å². The number of halogens is 2. The Morgan fingerprint density at radius 2 is 2.28 bits per heavy atom. The molecule has 0 spiro atoms. The fourth-order valence-corrected chi connectivity index (χ4v) is 2.67. The average molecular weight is 419 g/mol. The van der Waals surface area contributed by atoms with Gasteiger partial charge in [0, 0.05) is 32.5 Å². The summed E-state index contributed by atoms with van der Waals surface area (Å²) < 4.78 is 3.74. The SMILES string of the molecule is CCCn1ccnc1C(=O)c1cc(Br)ccc1I. The van der Waals surface area contributed by atoms with Gasteiger partial charge in [0.2, 0.25) is 5.78 Å². The fraction of sp³-hybridized carbons (Fsp3) is 0.231. The highest BCUT2D eigenvalue weighted by molar-refractivity contribution is 14.1. The lowest BCUT2D eigenvalue weighted by Gasteiger charge is -2.07. The summed E-state index contributed by atoms with van der Waals surface area (Å²) in [6.07, 6.45) is 4.50. The van der Waals surface area contributed by atoms with E-state index < -0.39 is 0 Å². The minimum absolute atomic E-state index is 0.0286.